The molecule has 0 unspecified atom stereocenters. The smallest absolute Gasteiger partial charge is 1.00 e. The van der Waals surface area contributed by atoms with E-state index in [9.17, 15) is 0 Å². The molecule has 9 nitrogen and oxygen atoms in total. The zero-order chi connectivity index (χ0) is 4.50. The summed E-state index contributed by atoms with van der Waals surface area (Å²) in [5, 5.41) is 0. The summed E-state index contributed by atoms with van der Waals surface area (Å²) in [6, 6.07) is 0. The van der Waals surface area contributed by atoms with E-state index in [0.717, 1.165) is 0 Å². The zero-order valence-electron chi connectivity index (χ0n) is 6.62. The van der Waals surface area contributed by atoms with E-state index in [-0.39, 0.29) is 80.2 Å². The molecular weight excluding hydrogens is 215 g/mol. The molecule has 12 N–H and O–H groups in total. The first-order valence-electron chi connectivity index (χ1n) is 0.698. The van der Waals surface area contributed by atoms with Crippen LogP contribution in [0, 0.1) is 0 Å². The van der Waals surface area contributed by atoms with Crippen LogP contribution in [-0.2, 0) is 10.4 Å². The third-order valence-electron chi connectivity index (χ3n) is 0. The fourth-order valence-electron chi connectivity index (χ4n) is 0. The number of rotatable bonds is 0. The van der Waals surface area contributed by atoms with Gasteiger partial charge in [-0.25, -0.2) is 0 Å². The van der Waals surface area contributed by atoms with Crippen LogP contribution < -0.4 is 51.4 Å². The van der Waals surface area contributed by atoms with Gasteiger partial charge in [-0.1, -0.05) is 0 Å². The molecule has 0 aliphatic heterocycles. The van der Waals surface area contributed by atoms with Crippen LogP contribution >= 0.6 is 0 Å². The Bertz CT molecular complexity index is 97.7. The van der Waals surface area contributed by atoms with Gasteiger partial charge in [-0.2, -0.15) is 8.42 Å². The molecule has 0 fully saturated rings. The number of hydrogen-bond acceptors (Lipinski definition) is 2. The Labute approximate surface area is 107 Å². The van der Waals surface area contributed by atoms with Gasteiger partial charge in [0.15, 0.2) is 0 Å². The van der Waals surface area contributed by atoms with Gasteiger partial charge in [-0.05, 0) is 0 Å². The van der Waals surface area contributed by atoms with Crippen LogP contribution in [0.25, 0.3) is 0 Å². The summed E-state index contributed by atoms with van der Waals surface area (Å²) in [4.78, 5) is 0. The van der Waals surface area contributed by atoms with Gasteiger partial charge in [0.1, 0.15) is 0 Å². The summed E-state index contributed by atoms with van der Waals surface area (Å²) >= 11 is 0. The normalized spacial score (nSPS) is 5.27. The van der Waals surface area contributed by atoms with Crippen molar-refractivity contribution < 1.29 is 97.7 Å². The summed E-state index contributed by atoms with van der Waals surface area (Å²) in [6.07, 6.45) is 0. The van der Waals surface area contributed by atoms with Crippen LogP contribution in [0.1, 0.15) is 1.43 Å². The van der Waals surface area contributed by atoms with Crippen LogP contribution in [0.15, 0.2) is 0 Å². The third kappa shape index (κ3) is 574. The van der Waals surface area contributed by atoms with E-state index in [0.29, 0.717) is 0 Å². The molecule has 0 aliphatic carbocycles. The maximum absolute atomic E-state index is 8.74. The summed E-state index contributed by atoms with van der Waals surface area (Å²) in [5.41, 5.74) is 0. The van der Waals surface area contributed by atoms with Crippen molar-refractivity contribution in [2.45, 2.75) is 0 Å². The molecule has 0 aromatic carbocycles. The predicted molar refractivity (Wildman–Crippen MR) is 33.4 cm³/mol. The molecule has 0 radical (unpaired) electrons. The molecule has 0 saturated heterocycles. The monoisotopic (exact) mass is 228 g/mol. The fraction of sp³-hybridized carbons (Fsp3) is 0. The van der Waals surface area contributed by atoms with Crippen LogP contribution in [0.4, 0.5) is 0 Å². The molecule has 0 amide bonds. The Morgan fingerprint density at radius 1 is 0.818 bits per heavy atom. The molecule has 0 aromatic heterocycles. The first-order valence-corrected chi connectivity index (χ1v) is 2.10. The molecule has 11 heteroatoms. The van der Waals surface area contributed by atoms with Gasteiger partial charge in [0.2, 0.25) is 0 Å². The van der Waals surface area contributed by atoms with Gasteiger partial charge in [-0.3, -0.25) is 9.11 Å². The fourth-order valence-corrected chi connectivity index (χ4v) is 0. The van der Waals surface area contributed by atoms with Crippen molar-refractivity contribution in [3.8, 4) is 0 Å². The first kappa shape index (κ1) is 55.9. The minimum atomic E-state index is -4.67. The van der Waals surface area contributed by atoms with Crippen molar-refractivity contribution in [2.75, 3.05) is 0 Å². The SMILES string of the molecule is O.O.O.O.O.O=S(=O)(O)O.[H-].[K+]. The molecule has 11 heavy (non-hydrogen) atoms. The molecule has 74 valence electrons. The van der Waals surface area contributed by atoms with Crippen molar-refractivity contribution in [3.63, 3.8) is 0 Å². The largest absolute Gasteiger partial charge is 1.00 e. The van der Waals surface area contributed by atoms with E-state index in [1.54, 1.807) is 0 Å². The Kier molecular flexibility index (Phi) is 114. The second-order valence-corrected chi connectivity index (χ2v) is 1.34. The Morgan fingerprint density at radius 3 is 0.818 bits per heavy atom. The van der Waals surface area contributed by atoms with Crippen molar-refractivity contribution in [1.29, 1.82) is 0 Å². The van der Waals surface area contributed by atoms with Gasteiger partial charge >= 0.3 is 61.8 Å². The molecule has 0 spiro atoms. The molecule has 0 atom stereocenters. The molecular formula is H13KO9S. The maximum atomic E-state index is 8.74. The quantitative estimate of drug-likeness (QED) is 0.303. The van der Waals surface area contributed by atoms with Crippen LogP contribution in [0.5, 0.6) is 0 Å². The molecule has 0 aliphatic rings. The van der Waals surface area contributed by atoms with E-state index in [1.807, 2.05) is 0 Å². The Morgan fingerprint density at radius 2 is 0.818 bits per heavy atom. The molecule has 0 heterocycles. The first-order chi connectivity index (χ1) is 2.00. The average molecular weight is 228 g/mol. The van der Waals surface area contributed by atoms with Crippen molar-refractivity contribution >= 4 is 10.4 Å². The standard InChI is InChI=1S/K.H2O4S.5H2O.H/c;1-5(2,3)4;;;;;;/h;(H2,1,2,3,4);5*1H2;/q+1;;;;;;;-1. The molecule has 0 saturated carbocycles. The van der Waals surface area contributed by atoms with Gasteiger partial charge in [0.25, 0.3) is 0 Å². The van der Waals surface area contributed by atoms with Crippen LogP contribution in [-0.4, -0.2) is 44.9 Å². The number of hydrogen-bond donors (Lipinski definition) is 2. The Hall–Kier alpha value is 1.31. The summed E-state index contributed by atoms with van der Waals surface area (Å²) in [7, 11) is -4.67. The topological polar surface area (TPSA) is 232 Å². The van der Waals surface area contributed by atoms with E-state index < -0.39 is 10.4 Å². The molecule has 0 aromatic rings. The van der Waals surface area contributed by atoms with Gasteiger partial charge < -0.3 is 28.8 Å². The Balaban J connectivity index is -0.00000000381. The van der Waals surface area contributed by atoms with Crippen molar-refractivity contribution in [1.82, 2.24) is 0 Å². The van der Waals surface area contributed by atoms with E-state index >= 15 is 0 Å². The molecule has 0 bridgehead atoms. The van der Waals surface area contributed by atoms with Crippen molar-refractivity contribution in [3.05, 3.63) is 0 Å². The van der Waals surface area contributed by atoms with E-state index in [2.05, 4.69) is 0 Å². The summed E-state index contributed by atoms with van der Waals surface area (Å²) < 4.78 is 31.6. The van der Waals surface area contributed by atoms with Crippen molar-refractivity contribution in [2.24, 2.45) is 0 Å². The molecule has 0 rings (SSSR count). The summed E-state index contributed by atoms with van der Waals surface area (Å²) in [5.74, 6) is 0. The van der Waals surface area contributed by atoms with Gasteiger partial charge in [0, 0.05) is 0 Å². The minimum Gasteiger partial charge on any atom is -1.00 e. The minimum absolute atomic E-state index is 0. The predicted octanol–water partition coefficient (Wildman–Crippen LogP) is -7.66. The summed E-state index contributed by atoms with van der Waals surface area (Å²) in [6.45, 7) is 0. The average Bonchev–Trinajstić information content (AvgIpc) is 0.722. The van der Waals surface area contributed by atoms with Crippen LogP contribution in [0.2, 0.25) is 0 Å². The second-order valence-electron chi connectivity index (χ2n) is 0.448. The zero-order valence-corrected chi connectivity index (χ0v) is 9.56. The third-order valence-corrected chi connectivity index (χ3v) is 0. The van der Waals surface area contributed by atoms with Gasteiger partial charge in [0.05, 0.1) is 0 Å². The maximum Gasteiger partial charge on any atom is 1.00 e. The van der Waals surface area contributed by atoms with E-state index in [1.165, 1.54) is 0 Å². The van der Waals surface area contributed by atoms with Gasteiger partial charge in [-0.15, -0.1) is 0 Å². The van der Waals surface area contributed by atoms with E-state index in [4.69, 9.17) is 17.5 Å². The van der Waals surface area contributed by atoms with Crippen LogP contribution in [0.3, 0.4) is 0 Å². The second kappa shape index (κ2) is 22.5.